The van der Waals surface area contributed by atoms with Gasteiger partial charge in [-0.3, -0.25) is 4.48 Å². The maximum Gasteiger partial charge on any atom is 0.161 e. The van der Waals surface area contributed by atoms with Crippen molar-refractivity contribution >= 4 is 5.70 Å². The molecule has 2 heterocycles. The van der Waals surface area contributed by atoms with Gasteiger partial charge in [0, 0.05) is 18.4 Å². The van der Waals surface area contributed by atoms with Gasteiger partial charge in [-0.1, -0.05) is 0 Å². The Hall–Kier alpha value is -1.48. The zero-order valence-electron chi connectivity index (χ0n) is 12.0. The summed E-state index contributed by atoms with van der Waals surface area (Å²) < 4.78 is 11.9. The number of likely N-dealkylation sites (N-methyl/N-ethyl adjacent to an activating group) is 1. The third-order valence-electron chi connectivity index (χ3n) is 4.54. The number of hydrogen-bond donors (Lipinski definition) is 0. The number of benzene rings is 1. The summed E-state index contributed by atoms with van der Waals surface area (Å²) in [7, 11) is 5.76. The van der Waals surface area contributed by atoms with E-state index in [2.05, 4.69) is 25.3 Å². The molecule has 3 rings (SSSR count). The number of nitrogens with zero attached hydrogens (tertiary/aromatic N) is 1. The molecule has 0 saturated heterocycles. The number of ether oxygens (including phenoxy) is 2. The van der Waals surface area contributed by atoms with Gasteiger partial charge < -0.3 is 9.47 Å². The number of allylic oxidation sites excluding steroid dienone is 1. The number of hydrogen-bond acceptors (Lipinski definition) is 2. The van der Waals surface area contributed by atoms with Crippen LogP contribution in [0, 0.1) is 0 Å². The van der Waals surface area contributed by atoms with Gasteiger partial charge in [-0.05, 0) is 30.2 Å². The van der Waals surface area contributed by atoms with E-state index in [0.717, 1.165) is 22.4 Å². The molecule has 0 radical (unpaired) electrons. The van der Waals surface area contributed by atoms with Crippen molar-refractivity contribution in [2.75, 3.05) is 34.4 Å². The third-order valence-corrected chi connectivity index (χ3v) is 4.54. The molecule has 19 heavy (non-hydrogen) atoms. The molecule has 0 N–H and O–H groups in total. The second-order valence-electron chi connectivity index (χ2n) is 5.69. The Morgan fingerprint density at radius 2 is 1.79 bits per heavy atom. The molecule has 1 aromatic rings. The van der Waals surface area contributed by atoms with E-state index < -0.39 is 0 Å². The second kappa shape index (κ2) is 4.57. The van der Waals surface area contributed by atoms with Crippen molar-refractivity contribution in [1.29, 1.82) is 0 Å². The molecule has 2 aliphatic heterocycles. The van der Waals surface area contributed by atoms with Crippen molar-refractivity contribution in [3.8, 4) is 11.5 Å². The van der Waals surface area contributed by atoms with Gasteiger partial charge in [0.2, 0.25) is 0 Å². The molecular weight excluding hydrogens is 238 g/mol. The van der Waals surface area contributed by atoms with E-state index in [0.29, 0.717) is 0 Å². The average Bonchev–Trinajstić information content (AvgIpc) is 2.45. The van der Waals surface area contributed by atoms with Crippen LogP contribution in [0.5, 0.6) is 11.5 Å². The van der Waals surface area contributed by atoms with Gasteiger partial charge in [0.1, 0.15) is 5.70 Å². The van der Waals surface area contributed by atoms with Crippen molar-refractivity contribution in [3.63, 3.8) is 0 Å². The Bertz CT molecular complexity index is 536. The fourth-order valence-electron chi connectivity index (χ4n) is 3.39. The topological polar surface area (TPSA) is 18.5 Å². The highest BCUT2D eigenvalue weighted by Gasteiger charge is 2.36. The van der Waals surface area contributed by atoms with Gasteiger partial charge in [0.25, 0.3) is 0 Å². The molecular formula is C16H22NO2+. The summed E-state index contributed by atoms with van der Waals surface area (Å²) in [5, 5.41) is 0. The highest BCUT2D eigenvalue weighted by atomic mass is 16.5. The lowest BCUT2D eigenvalue weighted by Gasteiger charge is -2.42. The Kier molecular flexibility index (Phi) is 3.02. The van der Waals surface area contributed by atoms with Crippen LogP contribution in [-0.2, 0) is 6.42 Å². The van der Waals surface area contributed by atoms with Crippen molar-refractivity contribution in [1.82, 2.24) is 0 Å². The summed E-state index contributed by atoms with van der Waals surface area (Å²) >= 11 is 0. The van der Waals surface area contributed by atoms with Crippen LogP contribution >= 0.6 is 0 Å². The monoisotopic (exact) mass is 260 g/mol. The van der Waals surface area contributed by atoms with E-state index in [9.17, 15) is 0 Å². The molecule has 3 nitrogen and oxygen atoms in total. The lowest BCUT2D eigenvalue weighted by Crippen LogP contribution is -2.48. The first-order valence-electron chi connectivity index (χ1n) is 6.98. The van der Waals surface area contributed by atoms with Crippen LogP contribution in [0.2, 0.25) is 0 Å². The highest BCUT2D eigenvalue weighted by molar-refractivity contribution is 5.68. The quantitative estimate of drug-likeness (QED) is 0.761. The van der Waals surface area contributed by atoms with Gasteiger partial charge in [0.05, 0.1) is 34.4 Å². The molecule has 0 aromatic heterocycles. The molecule has 0 amide bonds. The van der Waals surface area contributed by atoms with Crippen molar-refractivity contribution in [2.24, 2.45) is 0 Å². The SMILES string of the molecule is COc1cc2c(cc1OC)C1=CCCC[N+]1(C)CC2. The van der Waals surface area contributed by atoms with E-state index in [1.807, 2.05) is 0 Å². The van der Waals surface area contributed by atoms with Crippen LogP contribution in [0.3, 0.4) is 0 Å². The zero-order chi connectivity index (χ0) is 13.5. The fraction of sp³-hybridized carbons (Fsp3) is 0.500. The summed E-state index contributed by atoms with van der Waals surface area (Å²) in [5.74, 6) is 1.68. The number of methoxy groups -OCH3 is 2. The van der Waals surface area contributed by atoms with E-state index in [-0.39, 0.29) is 0 Å². The Morgan fingerprint density at radius 3 is 2.53 bits per heavy atom. The first kappa shape index (κ1) is 12.5. The molecule has 1 atom stereocenters. The normalized spacial score (nSPS) is 25.1. The lowest BCUT2D eigenvalue weighted by molar-refractivity contribution is -0.842. The molecule has 0 bridgehead atoms. The largest absolute Gasteiger partial charge is 0.493 e. The van der Waals surface area contributed by atoms with Gasteiger partial charge in [0.15, 0.2) is 11.5 Å². The van der Waals surface area contributed by atoms with E-state index in [4.69, 9.17) is 9.47 Å². The summed E-state index contributed by atoms with van der Waals surface area (Å²) in [5.41, 5.74) is 4.21. The molecule has 2 aliphatic rings. The van der Waals surface area contributed by atoms with Gasteiger partial charge in [-0.25, -0.2) is 0 Å². The minimum Gasteiger partial charge on any atom is -0.493 e. The van der Waals surface area contributed by atoms with Crippen LogP contribution in [0.4, 0.5) is 0 Å². The Morgan fingerprint density at radius 1 is 1.05 bits per heavy atom. The first-order chi connectivity index (χ1) is 9.18. The molecule has 1 unspecified atom stereocenters. The summed E-state index contributed by atoms with van der Waals surface area (Å²) in [6, 6.07) is 4.30. The molecule has 0 saturated carbocycles. The Balaban J connectivity index is 2.15. The summed E-state index contributed by atoms with van der Waals surface area (Å²) in [6.45, 7) is 2.44. The van der Waals surface area contributed by atoms with E-state index >= 15 is 0 Å². The van der Waals surface area contributed by atoms with Crippen LogP contribution < -0.4 is 9.47 Å². The minimum absolute atomic E-state index is 0.834. The first-order valence-corrected chi connectivity index (χ1v) is 6.98. The maximum absolute atomic E-state index is 5.46. The average molecular weight is 260 g/mol. The van der Waals surface area contributed by atoms with Crippen LogP contribution in [0.15, 0.2) is 18.2 Å². The van der Waals surface area contributed by atoms with Crippen LogP contribution in [0.1, 0.15) is 24.0 Å². The van der Waals surface area contributed by atoms with E-state index in [1.165, 1.54) is 42.8 Å². The number of quaternary nitrogens is 1. The predicted molar refractivity (Wildman–Crippen MR) is 76.4 cm³/mol. The van der Waals surface area contributed by atoms with Crippen molar-refractivity contribution < 1.29 is 14.0 Å². The molecule has 1 aromatic carbocycles. The molecule has 102 valence electrons. The zero-order valence-corrected chi connectivity index (χ0v) is 12.0. The third kappa shape index (κ3) is 1.93. The second-order valence-corrected chi connectivity index (χ2v) is 5.69. The van der Waals surface area contributed by atoms with Crippen LogP contribution in [-0.4, -0.2) is 38.8 Å². The maximum atomic E-state index is 5.46. The van der Waals surface area contributed by atoms with Crippen molar-refractivity contribution in [3.05, 3.63) is 29.3 Å². The summed E-state index contributed by atoms with van der Waals surface area (Å²) in [4.78, 5) is 0. The molecule has 3 heteroatoms. The number of fused-ring (bicyclic) bond motifs is 3. The summed E-state index contributed by atoms with van der Waals surface area (Å²) in [6.07, 6.45) is 6.01. The van der Waals surface area contributed by atoms with Crippen molar-refractivity contribution in [2.45, 2.75) is 19.3 Å². The molecule has 0 fully saturated rings. The van der Waals surface area contributed by atoms with E-state index in [1.54, 1.807) is 14.2 Å². The molecule has 0 spiro atoms. The molecule has 0 aliphatic carbocycles. The predicted octanol–water partition coefficient (Wildman–Crippen LogP) is 2.84. The lowest BCUT2D eigenvalue weighted by atomic mass is 9.91. The van der Waals surface area contributed by atoms with Crippen LogP contribution in [0.25, 0.3) is 5.70 Å². The van der Waals surface area contributed by atoms with Gasteiger partial charge in [-0.2, -0.15) is 0 Å². The van der Waals surface area contributed by atoms with Gasteiger partial charge >= 0.3 is 0 Å². The Labute approximate surface area is 115 Å². The minimum atomic E-state index is 0.834. The standard InChI is InChI=1S/C16H22NO2/c1-17-8-5-4-6-14(17)13-11-16(19-3)15(18-2)10-12(13)7-9-17/h6,10-11H,4-5,7-9H2,1-3H3/q+1. The highest BCUT2D eigenvalue weighted by Crippen LogP contribution is 2.41. The van der Waals surface area contributed by atoms with Gasteiger partial charge in [-0.15, -0.1) is 0 Å². The smallest absolute Gasteiger partial charge is 0.161 e. The number of rotatable bonds is 2. The fourth-order valence-corrected chi connectivity index (χ4v) is 3.39.